The topological polar surface area (TPSA) is 24.9 Å². The van der Waals surface area contributed by atoms with Crippen molar-refractivity contribution in [2.75, 3.05) is 5.32 Å². The van der Waals surface area contributed by atoms with Crippen molar-refractivity contribution in [3.05, 3.63) is 22.3 Å². The molecule has 2 atom stereocenters. The fourth-order valence-electron chi connectivity index (χ4n) is 2.28. The van der Waals surface area contributed by atoms with Crippen molar-refractivity contribution in [3.63, 3.8) is 0 Å². The van der Waals surface area contributed by atoms with Gasteiger partial charge < -0.3 is 5.32 Å². The van der Waals surface area contributed by atoms with Crippen LogP contribution in [0.5, 0.6) is 0 Å². The molecule has 16 heavy (non-hydrogen) atoms. The van der Waals surface area contributed by atoms with Crippen LogP contribution in [-0.2, 0) is 0 Å². The average molecular weight is 259 g/mol. The number of halogens is 2. The highest BCUT2D eigenvalue weighted by molar-refractivity contribution is 6.35. The number of nitrogens with zero attached hydrogens (tertiary/aromatic N) is 1. The molecule has 0 saturated heterocycles. The molecule has 1 N–H and O–H groups in total. The molecular weight excluding hydrogens is 243 g/mol. The summed E-state index contributed by atoms with van der Waals surface area (Å²) in [4.78, 5) is 4.22. The fourth-order valence-corrected chi connectivity index (χ4v) is 2.71. The van der Waals surface area contributed by atoms with Crippen LogP contribution in [0, 0.1) is 5.92 Å². The van der Waals surface area contributed by atoms with Gasteiger partial charge in [-0.25, -0.2) is 4.98 Å². The van der Waals surface area contributed by atoms with Crippen LogP contribution in [-0.4, -0.2) is 11.0 Å². The van der Waals surface area contributed by atoms with E-state index in [0.717, 1.165) is 11.7 Å². The molecule has 1 aromatic heterocycles. The van der Waals surface area contributed by atoms with E-state index in [9.17, 15) is 0 Å². The van der Waals surface area contributed by atoms with Gasteiger partial charge in [-0.05, 0) is 24.8 Å². The van der Waals surface area contributed by atoms with Crippen molar-refractivity contribution in [3.8, 4) is 0 Å². The maximum atomic E-state index is 6.08. The van der Waals surface area contributed by atoms with Crippen molar-refractivity contribution >= 4 is 29.0 Å². The normalized spacial score (nSPS) is 25.4. The predicted octanol–water partition coefficient (Wildman–Crippen LogP) is 4.38. The zero-order valence-electron chi connectivity index (χ0n) is 9.34. The summed E-state index contributed by atoms with van der Waals surface area (Å²) in [6.07, 6.45) is 6.64. The van der Waals surface area contributed by atoms with Gasteiger partial charge in [-0.3, -0.25) is 0 Å². The van der Waals surface area contributed by atoms with Crippen LogP contribution >= 0.6 is 23.2 Å². The third-order valence-corrected chi connectivity index (χ3v) is 3.58. The molecule has 2 nitrogen and oxygen atoms in total. The highest BCUT2D eigenvalue weighted by atomic mass is 35.5. The summed E-state index contributed by atoms with van der Waals surface area (Å²) in [5.41, 5.74) is 0. The Morgan fingerprint density at radius 3 is 2.88 bits per heavy atom. The van der Waals surface area contributed by atoms with Crippen LogP contribution in [0.2, 0.25) is 10.0 Å². The first kappa shape index (κ1) is 12.0. The first-order chi connectivity index (χ1) is 7.65. The van der Waals surface area contributed by atoms with Gasteiger partial charge in [0.1, 0.15) is 5.82 Å². The number of anilines is 1. The Morgan fingerprint density at radius 2 is 2.19 bits per heavy atom. The Balaban J connectivity index is 2.02. The van der Waals surface area contributed by atoms with Crippen molar-refractivity contribution in [2.24, 2.45) is 5.92 Å². The smallest absolute Gasteiger partial charge is 0.145 e. The van der Waals surface area contributed by atoms with E-state index in [1.165, 1.54) is 25.7 Å². The highest BCUT2D eigenvalue weighted by Gasteiger charge is 2.19. The zero-order chi connectivity index (χ0) is 11.5. The zero-order valence-corrected chi connectivity index (χ0v) is 10.9. The van der Waals surface area contributed by atoms with E-state index in [4.69, 9.17) is 23.2 Å². The summed E-state index contributed by atoms with van der Waals surface area (Å²) >= 11 is 11.9. The maximum Gasteiger partial charge on any atom is 0.145 e. The second kappa shape index (κ2) is 5.24. The summed E-state index contributed by atoms with van der Waals surface area (Å²) in [5, 5.41) is 4.58. The molecule has 1 heterocycles. The minimum atomic E-state index is 0.495. The minimum Gasteiger partial charge on any atom is -0.366 e. The van der Waals surface area contributed by atoms with Gasteiger partial charge in [0.2, 0.25) is 0 Å². The lowest BCUT2D eigenvalue weighted by Gasteiger charge is -2.28. The lowest BCUT2D eigenvalue weighted by atomic mass is 9.87. The van der Waals surface area contributed by atoms with E-state index in [0.29, 0.717) is 16.1 Å². The molecular formula is C12H16Cl2N2. The van der Waals surface area contributed by atoms with Crippen LogP contribution in [0.25, 0.3) is 0 Å². The molecule has 0 aromatic carbocycles. The Morgan fingerprint density at radius 1 is 1.38 bits per heavy atom. The van der Waals surface area contributed by atoms with Gasteiger partial charge in [0.05, 0.1) is 10.0 Å². The summed E-state index contributed by atoms with van der Waals surface area (Å²) in [7, 11) is 0. The monoisotopic (exact) mass is 258 g/mol. The van der Waals surface area contributed by atoms with Crippen molar-refractivity contribution in [1.82, 2.24) is 4.98 Å². The first-order valence-electron chi connectivity index (χ1n) is 5.72. The lowest BCUT2D eigenvalue weighted by Crippen LogP contribution is -2.26. The molecule has 2 rings (SSSR count). The second-order valence-electron chi connectivity index (χ2n) is 4.60. The van der Waals surface area contributed by atoms with Gasteiger partial charge in [-0.15, -0.1) is 0 Å². The molecule has 4 heteroatoms. The van der Waals surface area contributed by atoms with Gasteiger partial charge >= 0.3 is 0 Å². The maximum absolute atomic E-state index is 6.08. The summed E-state index contributed by atoms with van der Waals surface area (Å²) < 4.78 is 0. The molecule has 0 bridgehead atoms. The number of aromatic nitrogens is 1. The average Bonchev–Trinajstić information content (AvgIpc) is 2.22. The molecule has 1 aromatic rings. The molecule has 2 unspecified atom stereocenters. The standard InChI is InChI=1S/C12H16Cl2N2/c1-8-3-2-4-10(5-8)16-12-11(14)6-9(13)7-15-12/h6-8,10H,2-5H2,1H3,(H,15,16). The first-order valence-corrected chi connectivity index (χ1v) is 6.48. The number of hydrogen-bond donors (Lipinski definition) is 1. The van der Waals surface area contributed by atoms with E-state index in [2.05, 4.69) is 17.2 Å². The molecule has 88 valence electrons. The van der Waals surface area contributed by atoms with E-state index >= 15 is 0 Å². The Labute approximate surface area is 106 Å². The third-order valence-electron chi connectivity index (χ3n) is 3.09. The summed E-state index contributed by atoms with van der Waals surface area (Å²) in [6.45, 7) is 2.30. The quantitative estimate of drug-likeness (QED) is 0.852. The van der Waals surface area contributed by atoms with Crippen LogP contribution in [0.1, 0.15) is 32.6 Å². The third kappa shape index (κ3) is 3.02. The molecule has 0 radical (unpaired) electrons. The van der Waals surface area contributed by atoms with Crippen LogP contribution in [0.4, 0.5) is 5.82 Å². The van der Waals surface area contributed by atoms with E-state index in [1.54, 1.807) is 12.3 Å². The minimum absolute atomic E-state index is 0.495. The molecule has 0 aliphatic heterocycles. The fraction of sp³-hybridized carbons (Fsp3) is 0.583. The van der Waals surface area contributed by atoms with E-state index in [1.807, 2.05) is 0 Å². The van der Waals surface area contributed by atoms with Crippen LogP contribution < -0.4 is 5.32 Å². The Bertz CT molecular complexity index is 368. The molecule has 0 amide bonds. The van der Waals surface area contributed by atoms with Crippen molar-refractivity contribution in [2.45, 2.75) is 38.6 Å². The molecule has 1 saturated carbocycles. The second-order valence-corrected chi connectivity index (χ2v) is 5.44. The number of pyridine rings is 1. The molecule has 1 aliphatic carbocycles. The Hall–Kier alpha value is -0.470. The molecule has 0 spiro atoms. The van der Waals surface area contributed by atoms with E-state index in [-0.39, 0.29) is 0 Å². The molecule has 1 aliphatic rings. The SMILES string of the molecule is CC1CCCC(Nc2ncc(Cl)cc2Cl)C1. The van der Waals surface area contributed by atoms with Gasteiger partial charge in [-0.2, -0.15) is 0 Å². The summed E-state index contributed by atoms with van der Waals surface area (Å²) in [5.74, 6) is 1.54. The number of hydrogen-bond acceptors (Lipinski definition) is 2. The number of rotatable bonds is 2. The van der Waals surface area contributed by atoms with Crippen LogP contribution in [0.3, 0.4) is 0 Å². The van der Waals surface area contributed by atoms with Crippen molar-refractivity contribution in [1.29, 1.82) is 0 Å². The summed E-state index contributed by atoms with van der Waals surface area (Å²) in [6, 6.07) is 2.22. The number of nitrogens with one attached hydrogen (secondary N) is 1. The van der Waals surface area contributed by atoms with Crippen molar-refractivity contribution < 1.29 is 0 Å². The predicted molar refractivity (Wildman–Crippen MR) is 69.3 cm³/mol. The van der Waals surface area contributed by atoms with Gasteiger partial charge in [0.25, 0.3) is 0 Å². The lowest BCUT2D eigenvalue weighted by molar-refractivity contribution is 0.358. The van der Waals surface area contributed by atoms with Gasteiger partial charge in [0, 0.05) is 12.2 Å². The van der Waals surface area contributed by atoms with Crippen LogP contribution in [0.15, 0.2) is 12.3 Å². The highest BCUT2D eigenvalue weighted by Crippen LogP contribution is 2.28. The van der Waals surface area contributed by atoms with E-state index < -0.39 is 0 Å². The largest absolute Gasteiger partial charge is 0.366 e. The van der Waals surface area contributed by atoms with Gasteiger partial charge in [-0.1, -0.05) is 43.0 Å². The molecule has 1 fully saturated rings. The Kier molecular flexibility index (Phi) is 3.93. The van der Waals surface area contributed by atoms with Gasteiger partial charge in [0.15, 0.2) is 0 Å².